The third kappa shape index (κ3) is 3.66. The Hall–Kier alpha value is -2.63. The van der Waals surface area contributed by atoms with E-state index in [1.165, 1.54) is 12.1 Å². The number of carboxylic acid groups (broad SMARTS) is 1. The highest BCUT2D eigenvalue weighted by molar-refractivity contribution is 7.91. The van der Waals surface area contributed by atoms with E-state index >= 15 is 0 Å². The summed E-state index contributed by atoms with van der Waals surface area (Å²) in [5, 5.41) is 13.4. The minimum Gasteiger partial charge on any atom is -0.480 e. The number of benzene rings is 1. The van der Waals surface area contributed by atoms with Gasteiger partial charge >= 0.3 is 11.9 Å². The molecule has 2 heterocycles. The molecule has 3 atom stereocenters. The minimum absolute atomic E-state index is 0.0675. The smallest absolute Gasteiger partial charge is 0.325 e. The number of nitrogens with one attached hydrogen (secondary N) is 1. The third-order valence-electron chi connectivity index (χ3n) is 5.46. The number of hydrogen-bond acceptors (Lipinski definition) is 6. The molecule has 11 heteroatoms. The summed E-state index contributed by atoms with van der Waals surface area (Å²) in [5.74, 6) is -6.11. The topological polar surface area (TPSA) is 110 Å². The third-order valence-corrected chi connectivity index (χ3v) is 8.54. The molecule has 1 fully saturated rings. The SMILES string of the molecule is CC1[C@@H](c2ccccc2)[C@]1(NS(=O)(=O)c1ccc(-c2cc(C(C)(F)F)on2)s1)C(=O)O. The van der Waals surface area contributed by atoms with Crippen molar-refractivity contribution >= 4 is 27.3 Å². The fourth-order valence-corrected chi connectivity index (χ4v) is 6.49. The van der Waals surface area contributed by atoms with Crippen LogP contribution in [0.5, 0.6) is 0 Å². The second-order valence-corrected chi connectivity index (χ2v) is 10.5. The maximum absolute atomic E-state index is 13.4. The zero-order chi connectivity index (χ0) is 22.6. The molecule has 1 aromatic carbocycles. The lowest BCUT2D eigenvalue weighted by atomic mass is 10.1. The number of thiophene rings is 1. The van der Waals surface area contributed by atoms with Gasteiger partial charge in [-0.3, -0.25) is 4.79 Å². The van der Waals surface area contributed by atoms with Crippen molar-refractivity contribution in [2.75, 3.05) is 0 Å². The summed E-state index contributed by atoms with van der Waals surface area (Å²) in [6.45, 7) is 2.34. The van der Waals surface area contributed by atoms with E-state index in [9.17, 15) is 27.1 Å². The van der Waals surface area contributed by atoms with Crippen molar-refractivity contribution in [1.82, 2.24) is 9.88 Å². The van der Waals surface area contributed by atoms with Gasteiger partial charge in [-0.05, 0) is 23.6 Å². The number of sulfonamides is 1. The molecule has 7 nitrogen and oxygen atoms in total. The molecule has 0 saturated heterocycles. The van der Waals surface area contributed by atoms with Crippen LogP contribution < -0.4 is 4.72 Å². The molecule has 4 rings (SSSR count). The first-order chi connectivity index (χ1) is 14.5. The van der Waals surface area contributed by atoms with Crippen molar-refractivity contribution in [3.63, 3.8) is 0 Å². The predicted octanol–water partition coefficient (Wildman–Crippen LogP) is 4.05. The van der Waals surface area contributed by atoms with Gasteiger partial charge in [0.25, 0.3) is 10.0 Å². The van der Waals surface area contributed by atoms with Crippen molar-refractivity contribution in [1.29, 1.82) is 0 Å². The van der Waals surface area contributed by atoms with Gasteiger partial charge in [0.15, 0.2) is 0 Å². The molecule has 0 radical (unpaired) electrons. The zero-order valence-corrected chi connectivity index (χ0v) is 18.0. The molecule has 164 valence electrons. The fraction of sp³-hybridized carbons (Fsp3) is 0.300. The lowest BCUT2D eigenvalue weighted by Crippen LogP contribution is -2.45. The Kier molecular flexibility index (Phi) is 5.02. The number of carbonyl (C=O) groups is 1. The number of halogens is 2. The molecule has 1 saturated carbocycles. The molecule has 0 bridgehead atoms. The van der Waals surface area contributed by atoms with Crippen LogP contribution in [0.15, 0.2) is 57.3 Å². The average Bonchev–Trinajstić information content (AvgIpc) is 3.13. The predicted molar refractivity (Wildman–Crippen MR) is 108 cm³/mol. The molecule has 2 aromatic heterocycles. The van der Waals surface area contributed by atoms with Gasteiger partial charge < -0.3 is 9.63 Å². The zero-order valence-electron chi connectivity index (χ0n) is 16.4. The van der Waals surface area contributed by atoms with Crippen LogP contribution in [0.3, 0.4) is 0 Å². The van der Waals surface area contributed by atoms with Crippen LogP contribution >= 0.6 is 11.3 Å². The summed E-state index contributed by atoms with van der Waals surface area (Å²) in [5.41, 5.74) is -0.879. The van der Waals surface area contributed by atoms with Crippen LogP contribution in [0, 0.1) is 5.92 Å². The standard InChI is InChI=1S/C20H18F2N2O5S2/c1-11-17(12-6-4-3-5-7-12)20(11,18(25)26)24-31(27,28)16-9-8-14(30-16)13-10-15(29-23-13)19(2,21)22/h3-11,17,24H,1-2H3,(H,25,26)/t11?,17-,20-/m0/s1. The highest BCUT2D eigenvalue weighted by atomic mass is 32.2. The van der Waals surface area contributed by atoms with Crippen molar-refractivity contribution in [2.24, 2.45) is 5.92 Å². The number of alkyl halides is 2. The number of aliphatic carboxylic acids is 1. The monoisotopic (exact) mass is 468 g/mol. The van der Waals surface area contributed by atoms with Crippen LogP contribution in [-0.2, 0) is 20.7 Å². The van der Waals surface area contributed by atoms with E-state index in [-0.39, 0.29) is 9.90 Å². The van der Waals surface area contributed by atoms with E-state index in [0.29, 0.717) is 11.8 Å². The van der Waals surface area contributed by atoms with Gasteiger partial charge in [-0.25, -0.2) is 8.42 Å². The maximum Gasteiger partial charge on any atom is 0.325 e. The van der Waals surface area contributed by atoms with Gasteiger partial charge in [0, 0.05) is 18.9 Å². The van der Waals surface area contributed by atoms with Crippen LogP contribution in [0.2, 0.25) is 0 Å². The van der Waals surface area contributed by atoms with Crippen molar-refractivity contribution < 1.29 is 31.6 Å². The Labute approximate surface area is 180 Å². The molecule has 0 amide bonds. The number of aromatic nitrogens is 1. The van der Waals surface area contributed by atoms with Crippen molar-refractivity contribution in [3.8, 4) is 10.6 Å². The summed E-state index contributed by atoms with van der Waals surface area (Å²) in [6, 6.07) is 12.6. The summed E-state index contributed by atoms with van der Waals surface area (Å²) >= 11 is 0.785. The van der Waals surface area contributed by atoms with E-state index in [2.05, 4.69) is 14.4 Å². The molecular weight excluding hydrogens is 450 g/mol. The Balaban J connectivity index is 1.62. The minimum atomic E-state index is -4.20. The van der Waals surface area contributed by atoms with E-state index in [4.69, 9.17) is 0 Å². The van der Waals surface area contributed by atoms with Gasteiger partial charge in [-0.15, -0.1) is 11.3 Å². The van der Waals surface area contributed by atoms with Crippen LogP contribution in [-0.4, -0.2) is 30.2 Å². The summed E-state index contributed by atoms with van der Waals surface area (Å²) in [7, 11) is -4.20. The highest BCUT2D eigenvalue weighted by Crippen LogP contribution is 2.58. The summed E-state index contributed by atoms with van der Waals surface area (Å²) < 4.78 is 59.6. The summed E-state index contributed by atoms with van der Waals surface area (Å²) in [6.07, 6.45) is 0. The number of rotatable bonds is 7. The molecule has 2 N–H and O–H groups in total. The first kappa shape index (κ1) is 21.6. The number of nitrogens with zero attached hydrogens (tertiary/aromatic N) is 1. The first-order valence-electron chi connectivity index (χ1n) is 9.24. The van der Waals surface area contributed by atoms with Gasteiger partial charge in [0.1, 0.15) is 15.4 Å². The molecule has 1 aliphatic carbocycles. The lowest BCUT2D eigenvalue weighted by Gasteiger charge is -2.15. The van der Waals surface area contributed by atoms with Crippen molar-refractivity contribution in [3.05, 3.63) is 59.9 Å². The molecule has 1 unspecified atom stereocenters. The molecule has 0 spiro atoms. The Morgan fingerprint density at radius 3 is 2.52 bits per heavy atom. The largest absolute Gasteiger partial charge is 0.480 e. The van der Waals surface area contributed by atoms with E-state index < -0.39 is 45.1 Å². The van der Waals surface area contributed by atoms with Gasteiger partial charge in [-0.1, -0.05) is 42.4 Å². The van der Waals surface area contributed by atoms with E-state index in [0.717, 1.165) is 23.0 Å². The molecule has 1 aliphatic rings. The molecule has 0 aliphatic heterocycles. The second-order valence-electron chi connectivity index (χ2n) is 7.54. The Bertz CT molecular complexity index is 1230. The molecule has 3 aromatic rings. The average molecular weight is 469 g/mol. The van der Waals surface area contributed by atoms with Gasteiger partial charge in [0.05, 0.1) is 4.88 Å². The number of hydrogen-bond donors (Lipinski definition) is 2. The van der Waals surface area contributed by atoms with E-state index in [1.54, 1.807) is 37.3 Å². The van der Waals surface area contributed by atoms with Crippen molar-refractivity contribution in [2.45, 2.75) is 35.4 Å². The van der Waals surface area contributed by atoms with Crippen LogP contribution in [0.4, 0.5) is 8.78 Å². The van der Waals surface area contributed by atoms with Crippen LogP contribution in [0.1, 0.15) is 31.1 Å². The highest BCUT2D eigenvalue weighted by Gasteiger charge is 2.70. The quantitative estimate of drug-likeness (QED) is 0.541. The van der Waals surface area contributed by atoms with E-state index in [1.807, 2.05) is 0 Å². The summed E-state index contributed by atoms with van der Waals surface area (Å²) in [4.78, 5) is 12.4. The maximum atomic E-state index is 13.4. The fourth-order valence-electron chi connectivity index (χ4n) is 3.77. The molecule has 31 heavy (non-hydrogen) atoms. The van der Waals surface area contributed by atoms with Gasteiger partial charge in [-0.2, -0.15) is 13.5 Å². The Morgan fingerprint density at radius 1 is 1.26 bits per heavy atom. The second kappa shape index (κ2) is 7.21. The van der Waals surface area contributed by atoms with Gasteiger partial charge in [0.2, 0.25) is 5.76 Å². The molecular formula is C20H18F2N2O5S2. The Morgan fingerprint density at radius 2 is 1.94 bits per heavy atom. The van der Waals surface area contributed by atoms with Crippen LogP contribution in [0.25, 0.3) is 10.6 Å². The number of carboxylic acids is 1. The first-order valence-corrected chi connectivity index (χ1v) is 11.5. The lowest BCUT2D eigenvalue weighted by molar-refractivity contribution is -0.140. The normalized spacial score (nSPS) is 23.6.